The van der Waals surface area contributed by atoms with Crippen molar-refractivity contribution in [1.29, 1.82) is 0 Å². The number of hydrogen-bond acceptors (Lipinski definition) is 8. The zero-order valence-electron chi connectivity index (χ0n) is 17.8. The number of nitrogens with one attached hydrogen (secondary N) is 2. The predicted octanol–water partition coefficient (Wildman–Crippen LogP) is 0.0401. The summed E-state index contributed by atoms with van der Waals surface area (Å²) in [5.74, 6) is 1.03. The molecule has 0 amide bonds. The first kappa shape index (κ1) is 22.2. The van der Waals surface area contributed by atoms with Gasteiger partial charge in [-0.2, -0.15) is 5.10 Å². The summed E-state index contributed by atoms with van der Waals surface area (Å²) in [5.41, 5.74) is 1.22. The summed E-state index contributed by atoms with van der Waals surface area (Å²) in [6.07, 6.45) is 1.03. The van der Waals surface area contributed by atoms with Gasteiger partial charge in [0, 0.05) is 19.0 Å². The zero-order valence-corrected chi connectivity index (χ0v) is 18.5. The Morgan fingerprint density at radius 3 is 2.90 bits per heavy atom. The topological polar surface area (TPSA) is 122 Å². The van der Waals surface area contributed by atoms with E-state index < -0.39 is 30.1 Å². The Labute approximate surface area is 182 Å². The van der Waals surface area contributed by atoms with Gasteiger partial charge in [-0.25, -0.2) is 4.99 Å². The lowest BCUT2D eigenvalue weighted by Crippen LogP contribution is -2.57. The molecule has 4 rings (SSSR count). The van der Waals surface area contributed by atoms with Crippen LogP contribution in [0.4, 0.5) is 0 Å². The van der Waals surface area contributed by atoms with E-state index in [1.165, 1.54) is 0 Å². The van der Waals surface area contributed by atoms with Crippen LogP contribution in [0.1, 0.15) is 39.5 Å². The zero-order chi connectivity index (χ0) is 21.6. The molecular formula is C20H34ClN5O4. The normalized spacial score (nSPS) is 49.1. The van der Waals surface area contributed by atoms with Crippen molar-refractivity contribution in [1.82, 2.24) is 15.6 Å². The highest BCUT2D eigenvalue weighted by Gasteiger charge is 2.59. The molecular weight excluding hydrogens is 410 g/mol. The van der Waals surface area contributed by atoms with Crippen LogP contribution in [0.3, 0.4) is 0 Å². The summed E-state index contributed by atoms with van der Waals surface area (Å²) in [6.45, 7) is 4.30. The third-order valence-corrected chi connectivity index (χ3v) is 8.04. The Balaban J connectivity index is 1.50. The standard InChI is InChI=1S/C20H34ClN5O4/c1-10-8-11(4-5-13(10)21)14(27)16-20(2,29)15(28)19(30-16)26-7-6-12-17(25-22-3)23-9-24-18(12)26/h9-16,18-19,22,27-29H,4-8H2,1-3H3,(H,23,24,25)/t10?,11?,12?,13?,14-,15+,16-,18?,19-,20+/m1/s1. The van der Waals surface area contributed by atoms with Gasteiger partial charge in [-0.05, 0) is 44.4 Å². The summed E-state index contributed by atoms with van der Waals surface area (Å²) in [5, 5.41) is 40.9. The molecule has 0 radical (unpaired) electrons. The molecule has 3 aliphatic heterocycles. The smallest absolute Gasteiger partial charge is 0.156 e. The third kappa shape index (κ3) is 3.73. The third-order valence-electron chi connectivity index (χ3n) is 7.39. The van der Waals surface area contributed by atoms with Crippen molar-refractivity contribution in [2.24, 2.45) is 27.8 Å². The van der Waals surface area contributed by atoms with Gasteiger partial charge in [0.05, 0.1) is 24.5 Å². The number of amidine groups is 1. The summed E-state index contributed by atoms with van der Waals surface area (Å²) in [4.78, 5) is 6.31. The predicted molar refractivity (Wildman–Crippen MR) is 114 cm³/mol. The van der Waals surface area contributed by atoms with Gasteiger partial charge in [-0.3, -0.25) is 4.90 Å². The first-order valence-corrected chi connectivity index (χ1v) is 11.4. The number of fused-ring (bicyclic) bond motifs is 1. The lowest BCUT2D eigenvalue weighted by molar-refractivity contribution is -0.144. The largest absolute Gasteiger partial charge is 0.390 e. The number of aliphatic hydroxyl groups is 3. The minimum absolute atomic E-state index is 0.0157. The summed E-state index contributed by atoms with van der Waals surface area (Å²) < 4.78 is 6.20. The van der Waals surface area contributed by atoms with E-state index in [-0.39, 0.29) is 23.4 Å². The van der Waals surface area contributed by atoms with Crippen LogP contribution >= 0.6 is 11.6 Å². The maximum atomic E-state index is 11.1. The molecule has 0 bridgehead atoms. The second-order valence-corrected chi connectivity index (χ2v) is 9.93. The quantitative estimate of drug-likeness (QED) is 0.307. The fourth-order valence-corrected chi connectivity index (χ4v) is 5.78. The molecule has 2 saturated heterocycles. The van der Waals surface area contributed by atoms with Crippen LogP contribution in [0.5, 0.6) is 0 Å². The van der Waals surface area contributed by atoms with Crippen molar-refractivity contribution in [3.8, 4) is 0 Å². The minimum atomic E-state index is -1.56. The molecule has 4 aliphatic rings. The van der Waals surface area contributed by atoms with Crippen LogP contribution in [-0.4, -0.2) is 87.7 Å². The lowest BCUT2D eigenvalue weighted by atomic mass is 9.75. The number of hydrazone groups is 1. The Hall–Kier alpha value is -0.970. The molecule has 5 unspecified atom stereocenters. The van der Waals surface area contributed by atoms with Gasteiger partial charge in [0.15, 0.2) is 5.84 Å². The molecule has 0 aromatic rings. The van der Waals surface area contributed by atoms with E-state index in [0.717, 1.165) is 25.7 Å². The second kappa shape index (κ2) is 8.52. The molecule has 30 heavy (non-hydrogen) atoms. The number of likely N-dealkylation sites (tertiary alicyclic amines) is 1. The van der Waals surface area contributed by atoms with Gasteiger partial charge >= 0.3 is 0 Å². The average Bonchev–Trinajstić information content (AvgIpc) is 3.24. The first-order chi connectivity index (χ1) is 14.3. The number of ether oxygens (including phenoxy) is 1. The molecule has 9 nitrogen and oxygen atoms in total. The lowest BCUT2D eigenvalue weighted by Gasteiger charge is -2.38. The van der Waals surface area contributed by atoms with Gasteiger partial charge in [0.1, 0.15) is 24.0 Å². The highest BCUT2D eigenvalue weighted by molar-refractivity contribution is 6.20. The first-order valence-electron chi connectivity index (χ1n) is 10.9. The summed E-state index contributed by atoms with van der Waals surface area (Å²) in [7, 11) is 1.73. The number of halogens is 1. The van der Waals surface area contributed by atoms with E-state index in [1.807, 2.05) is 4.90 Å². The van der Waals surface area contributed by atoms with Crippen molar-refractivity contribution < 1.29 is 20.1 Å². The maximum absolute atomic E-state index is 11.1. The number of rotatable bonds is 4. The number of alkyl halides is 1. The van der Waals surface area contributed by atoms with Crippen molar-refractivity contribution in [3.63, 3.8) is 0 Å². The van der Waals surface area contributed by atoms with Crippen LogP contribution in [0, 0.1) is 17.8 Å². The molecule has 0 aromatic heterocycles. The van der Waals surface area contributed by atoms with E-state index in [0.29, 0.717) is 18.3 Å². The molecule has 1 aliphatic carbocycles. The number of aliphatic hydroxyl groups excluding tert-OH is 2. The van der Waals surface area contributed by atoms with Crippen LogP contribution < -0.4 is 10.7 Å². The SMILES string of the molecule is CN/N=C1/N=CNC2C1CCN2[C@@H]1O[C@H]([C@H](O)C2CCC(Cl)C(C)C2)[C@@](C)(O)[C@H]1O. The van der Waals surface area contributed by atoms with Crippen molar-refractivity contribution in [2.45, 2.75) is 81.2 Å². The molecule has 0 aromatic carbocycles. The van der Waals surface area contributed by atoms with E-state index in [4.69, 9.17) is 16.3 Å². The van der Waals surface area contributed by atoms with Crippen LogP contribution in [-0.2, 0) is 4.74 Å². The summed E-state index contributed by atoms with van der Waals surface area (Å²) >= 11 is 6.34. The molecule has 10 atom stereocenters. The second-order valence-electron chi connectivity index (χ2n) is 9.37. The molecule has 0 spiro atoms. The number of nitrogens with zero attached hydrogens (tertiary/aromatic N) is 3. The highest BCUT2D eigenvalue weighted by atomic mass is 35.5. The molecule has 1 saturated carbocycles. The van der Waals surface area contributed by atoms with Crippen molar-refractivity contribution >= 4 is 23.8 Å². The van der Waals surface area contributed by atoms with Gasteiger partial charge < -0.3 is 30.8 Å². The Kier molecular flexibility index (Phi) is 6.31. The monoisotopic (exact) mass is 443 g/mol. The number of aliphatic imine (C=N–C) groups is 1. The fraction of sp³-hybridized carbons (Fsp3) is 0.900. The van der Waals surface area contributed by atoms with Crippen LogP contribution in [0.15, 0.2) is 10.1 Å². The van der Waals surface area contributed by atoms with Gasteiger partial charge in [0.2, 0.25) is 0 Å². The van der Waals surface area contributed by atoms with E-state index in [9.17, 15) is 15.3 Å². The van der Waals surface area contributed by atoms with E-state index >= 15 is 0 Å². The summed E-state index contributed by atoms with van der Waals surface area (Å²) in [6, 6.07) is 0. The molecule has 3 fully saturated rings. The molecule has 5 N–H and O–H groups in total. The van der Waals surface area contributed by atoms with E-state index in [1.54, 1.807) is 20.3 Å². The number of hydrogen-bond donors (Lipinski definition) is 5. The Morgan fingerprint density at radius 2 is 2.20 bits per heavy atom. The van der Waals surface area contributed by atoms with Crippen LogP contribution in [0.25, 0.3) is 0 Å². The van der Waals surface area contributed by atoms with Gasteiger partial charge in [-0.15, -0.1) is 11.6 Å². The van der Waals surface area contributed by atoms with Gasteiger partial charge in [0.25, 0.3) is 0 Å². The highest BCUT2D eigenvalue weighted by Crippen LogP contribution is 2.43. The maximum Gasteiger partial charge on any atom is 0.156 e. The minimum Gasteiger partial charge on any atom is -0.390 e. The Morgan fingerprint density at radius 1 is 1.43 bits per heavy atom. The average molecular weight is 444 g/mol. The molecule has 170 valence electrons. The Bertz CT molecular complexity index is 692. The van der Waals surface area contributed by atoms with Crippen molar-refractivity contribution in [3.05, 3.63) is 0 Å². The molecule has 3 heterocycles. The van der Waals surface area contributed by atoms with Gasteiger partial charge in [-0.1, -0.05) is 6.92 Å². The molecule has 10 heteroatoms. The fourth-order valence-electron chi connectivity index (χ4n) is 5.55. The van der Waals surface area contributed by atoms with Crippen molar-refractivity contribution in [2.75, 3.05) is 13.6 Å². The van der Waals surface area contributed by atoms with E-state index in [2.05, 4.69) is 27.8 Å². The van der Waals surface area contributed by atoms with Crippen LogP contribution in [0.2, 0.25) is 0 Å².